The van der Waals surface area contributed by atoms with Gasteiger partial charge in [-0.3, -0.25) is 9.69 Å². The normalized spacial score (nSPS) is 24.4. The van der Waals surface area contributed by atoms with E-state index < -0.39 is 5.60 Å². The fraction of sp³-hybridized carbons (Fsp3) is 0.643. The van der Waals surface area contributed by atoms with E-state index in [1.54, 1.807) is 19.0 Å². The number of likely N-dealkylation sites (tertiary alicyclic amines) is 1. The number of aromatic amines is 1. The Kier molecular flexibility index (Phi) is 4.27. The highest BCUT2D eigenvalue weighted by Gasteiger charge is 2.35. The molecule has 0 radical (unpaired) electrons. The highest BCUT2D eigenvalue weighted by Crippen LogP contribution is 2.26. The van der Waals surface area contributed by atoms with E-state index in [1.807, 2.05) is 18.5 Å². The zero-order valence-corrected chi connectivity index (χ0v) is 11.7. The molecule has 19 heavy (non-hydrogen) atoms. The summed E-state index contributed by atoms with van der Waals surface area (Å²) in [7, 11) is 3.46. The van der Waals surface area contributed by atoms with Gasteiger partial charge in [-0.05, 0) is 31.0 Å². The lowest BCUT2D eigenvalue weighted by Gasteiger charge is -2.39. The van der Waals surface area contributed by atoms with Gasteiger partial charge in [-0.1, -0.05) is 0 Å². The molecule has 5 heteroatoms. The molecule has 0 bridgehead atoms. The van der Waals surface area contributed by atoms with Gasteiger partial charge in [0.2, 0.25) is 5.91 Å². The summed E-state index contributed by atoms with van der Waals surface area (Å²) in [5.41, 5.74) is 0.332. The molecule has 0 aromatic carbocycles. The Morgan fingerprint density at radius 2 is 2.37 bits per heavy atom. The standard InChI is InChI=1S/C14H23N3O2/c1-16(2)13(18)8-14(19)5-3-7-17(11-14)10-12-4-6-15-9-12/h4,6,9,15,19H,3,5,7-8,10-11H2,1-2H3. The van der Waals surface area contributed by atoms with Gasteiger partial charge >= 0.3 is 0 Å². The summed E-state index contributed by atoms with van der Waals surface area (Å²) >= 11 is 0. The van der Waals surface area contributed by atoms with Crippen LogP contribution in [0.4, 0.5) is 0 Å². The Morgan fingerprint density at radius 1 is 1.58 bits per heavy atom. The second kappa shape index (κ2) is 5.75. The average molecular weight is 265 g/mol. The molecule has 1 aliphatic heterocycles. The molecule has 1 fully saturated rings. The maximum atomic E-state index is 11.8. The van der Waals surface area contributed by atoms with Crippen LogP contribution in [-0.2, 0) is 11.3 Å². The number of carbonyl (C=O) groups excluding carboxylic acids is 1. The minimum Gasteiger partial charge on any atom is -0.388 e. The fourth-order valence-electron chi connectivity index (χ4n) is 2.64. The van der Waals surface area contributed by atoms with Crippen molar-refractivity contribution in [2.45, 2.75) is 31.4 Å². The largest absolute Gasteiger partial charge is 0.388 e. The van der Waals surface area contributed by atoms with Crippen LogP contribution in [0.1, 0.15) is 24.8 Å². The highest BCUT2D eigenvalue weighted by molar-refractivity contribution is 5.76. The molecule has 0 spiro atoms. The number of aliphatic hydroxyl groups is 1. The quantitative estimate of drug-likeness (QED) is 0.847. The second-order valence-corrected chi connectivity index (χ2v) is 5.72. The van der Waals surface area contributed by atoms with Crippen molar-refractivity contribution < 1.29 is 9.90 Å². The fourth-order valence-corrected chi connectivity index (χ4v) is 2.64. The molecule has 5 nitrogen and oxygen atoms in total. The van der Waals surface area contributed by atoms with Crippen molar-refractivity contribution in [3.05, 3.63) is 24.0 Å². The molecule has 1 amide bonds. The lowest BCUT2D eigenvalue weighted by molar-refractivity contribution is -0.136. The van der Waals surface area contributed by atoms with Crippen molar-refractivity contribution in [2.24, 2.45) is 0 Å². The first-order valence-corrected chi connectivity index (χ1v) is 6.75. The Labute approximate surface area is 114 Å². The van der Waals surface area contributed by atoms with Gasteiger partial charge in [0.1, 0.15) is 0 Å². The molecule has 1 atom stereocenters. The SMILES string of the molecule is CN(C)C(=O)CC1(O)CCCN(Cc2cc[nH]c2)C1. The van der Waals surface area contributed by atoms with Gasteiger partial charge in [0, 0.05) is 39.6 Å². The van der Waals surface area contributed by atoms with E-state index in [1.165, 1.54) is 5.56 Å². The van der Waals surface area contributed by atoms with E-state index in [2.05, 4.69) is 9.88 Å². The second-order valence-electron chi connectivity index (χ2n) is 5.72. The summed E-state index contributed by atoms with van der Waals surface area (Å²) in [6, 6.07) is 2.04. The van der Waals surface area contributed by atoms with Gasteiger partial charge in [-0.15, -0.1) is 0 Å². The Morgan fingerprint density at radius 3 is 3.00 bits per heavy atom. The molecule has 1 aromatic rings. The molecule has 1 unspecified atom stereocenters. The number of piperidine rings is 1. The van der Waals surface area contributed by atoms with Gasteiger partial charge in [-0.2, -0.15) is 0 Å². The summed E-state index contributed by atoms with van der Waals surface area (Å²) in [5, 5.41) is 10.6. The number of β-amino-alcohol motifs (C(OH)–C–C–N with tert-alkyl or cyclic N) is 1. The van der Waals surface area contributed by atoms with Crippen molar-refractivity contribution in [1.82, 2.24) is 14.8 Å². The van der Waals surface area contributed by atoms with Crippen LogP contribution in [0.5, 0.6) is 0 Å². The third kappa shape index (κ3) is 3.81. The summed E-state index contributed by atoms with van der Waals surface area (Å²) in [6.07, 6.45) is 5.72. The van der Waals surface area contributed by atoms with Gasteiger partial charge in [0.05, 0.1) is 12.0 Å². The summed E-state index contributed by atoms with van der Waals surface area (Å²) < 4.78 is 0. The van der Waals surface area contributed by atoms with Gasteiger partial charge in [0.25, 0.3) is 0 Å². The Balaban J connectivity index is 1.93. The maximum Gasteiger partial charge on any atom is 0.224 e. The van der Waals surface area contributed by atoms with Crippen molar-refractivity contribution >= 4 is 5.91 Å². The minimum absolute atomic E-state index is 0.00834. The number of nitrogens with zero attached hydrogens (tertiary/aromatic N) is 2. The van der Waals surface area contributed by atoms with E-state index in [0.717, 1.165) is 19.5 Å². The number of carbonyl (C=O) groups is 1. The van der Waals surface area contributed by atoms with Crippen molar-refractivity contribution in [2.75, 3.05) is 27.2 Å². The van der Waals surface area contributed by atoms with Crippen LogP contribution < -0.4 is 0 Å². The molecular formula is C14H23N3O2. The molecule has 0 saturated carbocycles. The number of amides is 1. The topological polar surface area (TPSA) is 59.6 Å². The first-order valence-electron chi connectivity index (χ1n) is 6.75. The predicted octanol–water partition coefficient (Wildman–Crippen LogP) is 0.820. The first-order chi connectivity index (χ1) is 8.98. The first kappa shape index (κ1) is 14.1. The molecule has 0 aliphatic carbocycles. The van der Waals surface area contributed by atoms with Crippen molar-refractivity contribution in [1.29, 1.82) is 0 Å². The molecule has 2 N–H and O–H groups in total. The molecule has 2 heterocycles. The third-order valence-electron chi connectivity index (χ3n) is 3.68. The van der Waals surface area contributed by atoms with Crippen molar-refractivity contribution in [3.8, 4) is 0 Å². The highest BCUT2D eigenvalue weighted by atomic mass is 16.3. The lowest BCUT2D eigenvalue weighted by atomic mass is 9.89. The van der Waals surface area contributed by atoms with Crippen LogP contribution >= 0.6 is 0 Å². The number of rotatable bonds is 4. The van der Waals surface area contributed by atoms with E-state index >= 15 is 0 Å². The molecule has 1 saturated heterocycles. The number of hydrogen-bond acceptors (Lipinski definition) is 3. The van der Waals surface area contributed by atoms with Gasteiger partial charge < -0.3 is 15.0 Å². The third-order valence-corrected chi connectivity index (χ3v) is 3.68. The van der Waals surface area contributed by atoms with E-state index in [-0.39, 0.29) is 12.3 Å². The molecule has 106 valence electrons. The Hall–Kier alpha value is -1.33. The van der Waals surface area contributed by atoms with Crippen LogP contribution in [0.25, 0.3) is 0 Å². The number of aromatic nitrogens is 1. The minimum atomic E-state index is -0.879. The number of hydrogen-bond donors (Lipinski definition) is 2. The summed E-state index contributed by atoms with van der Waals surface area (Å²) in [5.74, 6) is -0.00834. The van der Waals surface area contributed by atoms with E-state index in [0.29, 0.717) is 13.0 Å². The smallest absolute Gasteiger partial charge is 0.224 e. The van der Waals surface area contributed by atoms with E-state index in [4.69, 9.17) is 0 Å². The van der Waals surface area contributed by atoms with Crippen LogP contribution in [-0.4, -0.2) is 58.6 Å². The molecular weight excluding hydrogens is 242 g/mol. The van der Waals surface area contributed by atoms with Crippen LogP contribution in [0.3, 0.4) is 0 Å². The van der Waals surface area contributed by atoms with Crippen LogP contribution in [0.15, 0.2) is 18.5 Å². The lowest BCUT2D eigenvalue weighted by Crippen LogP contribution is -2.50. The summed E-state index contributed by atoms with van der Waals surface area (Å²) in [6.45, 7) is 2.36. The zero-order valence-electron chi connectivity index (χ0n) is 11.7. The maximum absolute atomic E-state index is 11.8. The summed E-state index contributed by atoms with van der Waals surface area (Å²) in [4.78, 5) is 18.6. The Bertz CT molecular complexity index is 416. The monoisotopic (exact) mass is 265 g/mol. The zero-order chi connectivity index (χ0) is 13.9. The van der Waals surface area contributed by atoms with Gasteiger partial charge in [0.15, 0.2) is 0 Å². The molecule has 1 aliphatic rings. The van der Waals surface area contributed by atoms with Crippen LogP contribution in [0.2, 0.25) is 0 Å². The molecule has 2 rings (SSSR count). The van der Waals surface area contributed by atoms with E-state index in [9.17, 15) is 9.90 Å². The van der Waals surface area contributed by atoms with Crippen LogP contribution in [0, 0.1) is 0 Å². The number of H-pyrrole nitrogens is 1. The number of nitrogens with one attached hydrogen (secondary N) is 1. The molecule has 1 aromatic heterocycles. The van der Waals surface area contributed by atoms with Crippen molar-refractivity contribution in [3.63, 3.8) is 0 Å². The van der Waals surface area contributed by atoms with Gasteiger partial charge in [-0.25, -0.2) is 0 Å². The predicted molar refractivity (Wildman–Crippen MR) is 73.6 cm³/mol. The average Bonchev–Trinajstić information content (AvgIpc) is 2.81.